The maximum absolute atomic E-state index is 11.2. The normalized spacial score (nSPS) is 10.2. The average Bonchev–Trinajstić information content (AvgIpc) is 2.33. The van der Waals surface area contributed by atoms with Gasteiger partial charge in [-0.3, -0.25) is 0 Å². The minimum Gasteiger partial charge on any atom is -0.507 e. The Labute approximate surface area is 99.0 Å². The maximum Gasteiger partial charge on any atom is 0.335 e. The third-order valence-electron chi connectivity index (χ3n) is 2.49. The molecule has 17 heavy (non-hydrogen) atoms. The van der Waals surface area contributed by atoms with E-state index in [9.17, 15) is 9.90 Å². The van der Waals surface area contributed by atoms with Gasteiger partial charge in [-0.25, -0.2) is 4.79 Å². The zero-order chi connectivity index (χ0) is 12.4. The highest BCUT2D eigenvalue weighted by atomic mass is 16.5. The number of aromatic hydroxyl groups is 1. The number of esters is 1. The topological polar surface area (TPSA) is 46.5 Å². The molecule has 3 heteroatoms. The van der Waals surface area contributed by atoms with Gasteiger partial charge in [-0.15, -0.1) is 0 Å². The van der Waals surface area contributed by atoms with Crippen LogP contribution in [0.15, 0.2) is 43.0 Å². The molecule has 0 radical (unpaired) electrons. The molecule has 3 nitrogen and oxygen atoms in total. The van der Waals surface area contributed by atoms with E-state index in [1.165, 1.54) is 6.07 Å². The van der Waals surface area contributed by atoms with Gasteiger partial charge in [-0.1, -0.05) is 24.3 Å². The monoisotopic (exact) mass is 228 g/mol. The first kappa shape index (κ1) is 11.2. The van der Waals surface area contributed by atoms with Gasteiger partial charge in [0.05, 0.1) is 0 Å². The van der Waals surface area contributed by atoms with Gasteiger partial charge in [-0.05, 0) is 25.1 Å². The Bertz CT molecular complexity index is 600. The van der Waals surface area contributed by atoms with Crippen molar-refractivity contribution >= 4 is 16.7 Å². The van der Waals surface area contributed by atoms with E-state index >= 15 is 0 Å². The fourth-order valence-corrected chi connectivity index (χ4v) is 1.66. The van der Waals surface area contributed by atoms with E-state index in [-0.39, 0.29) is 5.75 Å². The third kappa shape index (κ3) is 2.13. The van der Waals surface area contributed by atoms with E-state index in [1.54, 1.807) is 6.07 Å². The van der Waals surface area contributed by atoms with Crippen molar-refractivity contribution in [2.75, 3.05) is 0 Å². The molecule has 0 atom stereocenters. The van der Waals surface area contributed by atoms with Gasteiger partial charge in [0.2, 0.25) is 0 Å². The molecule has 0 aliphatic carbocycles. The fraction of sp³-hybridized carbons (Fsp3) is 0.0714. The molecule has 0 aliphatic heterocycles. The van der Waals surface area contributed by atoms with Crippen molar-refractivity contribution in [3.8, 4) is 11.5 Å². The molecule has 0 unspecified atom stereocenters. The Kier molecular flexibility index (Phi) is 2.83. The molecular formula is C14H12O3. The van der Waals surface area contributed by atoms with Crippen molar-refractivity contribution in [3.05, 3.63) is 48.6 Å². The molecule has 0 heterocycles. The highest BCUT2D eigenvalue weighted by Gasteiger charge is 2.08. The van der Waals surface area contributed by atoms with Crippen molar-refractivity contribution in [2.24, 2.45) is 0 Å². The predicted octanol–water partition coefficient (Wildman–Crippen LogP) is 2.95. The summed E-state index contributed by atoms with van der Waals surface area (Å²) in [5, 5.41) is 11.1. The summed E-state index contributed by atoms with van der Waals surface area (Å²) < 4.78 is 5.10. The van der Waals surface area contributed by atoms with Crippen LogP contribution in [0.5, 0.6) is 11.5 Å². The van der Waals surface area contributed by atoms with E-state index in [2.05, 4.69) is 6.58 Å². The van der Waals surface area contributed by atoms with Gasteiger partial charge in [0.1, 0.15) is 11.5 Å². The zero-order valence-electron chi connectivity index (χ0n) is 9.43. The minimum atomic E-state index is -0.516. The summed E-state index contributed by atoms with van der Waals surface area (Å²) >= 11 is 0. The van der Waals surface area contributed by atoms with Gasteiger partial charge in [0.25, 0.3) is 0 Å². The van der Waals surface area contributed by atoms with Crippen LogP contribution in [0.4, 0.5) is 0 Å². The lowest BCUT2D eigenvalue weighted by molar-refractivity contribution is -0.128. The van der Waals surface area contributed by atoms with Gasteiger partial charge in [-0.2, -0.15) is 0 Å². The molecule has 0 aromatic heterocycles. The van der Waals surface area contributed by atoms with Crippen molar-refractivity contribution < 1.29 is 14.6 Å². The van der Waals surface area contributed by atoms with Crippen LogP contribution in [0.2, 0.25) is 0 Å². The summed E-state index contributed by atoms with van der Waals surface area (Å²) in [6, 6.07) is 8.63. The predicted molar refractivity (Wildman–Crippen MR) is 66.2 cm³/mol. The Balaban J connectivity index is 2.61. The summed E-state index contributed by atoms with van der Waals surface area (Å²) in [5.41, 5.74) is 1.03. The molecule has 0 aliphatic rings. The van der Waals surface area contributed by atoms with Gasteiger partial charge < -0.3 is 9.84 Å². The first-order valence-corrected chi connectivity index (χ1v) is 5.18. The van der Waals surface area contributed by atoms with Crippen LogP contribution >= 0.6 is 0 Å². The maximum atomic E-state index is 11.2. The van der Waals surface area contributed by atoms with Crippen molar-refractivity contribution in [1.82, 2.24) is 0 Å². The number of phenols is 1. The van der Waals surface area contributed by atoms with E-state index in [0.717, 1.165) is 11.6 Å². The van der Waals surface area contributed by atoms with Crippen LogP contribution < -0.4 is 4.74 Å². The largest absolute Gasteiger partial charge is 0.507 e. The van der Waals surface area contributed by atoms with Gasteiger partial charge >= 0.3 is 5.97 Å². The molecule has 0 amide bonds. The molecule has 0 saturated heterocycles. The Hall–Kier alpha value is -2.29. The van der Waals surface area contributed by atoms with Crippen molar-refractivity contribution in [2.45, 2.75) is 6.92 Å². The molecule has 0 spiro atoms. The lowest BCUT2D eigenvalue weighted by Gasteiger charge is -2.08. The van der Waals surface area contributed by atoms with Crippen LogP contribution in [-0.4, -0.2) is 11.1 Å². The van der Waals surface area contributed by atoms with Crippen molar-refractivity contribution in [1.29, 1.82) is 0 Å². The van der Waals surface area contributed by atoms with Crippen LogP contribution in [0.25, 0.3) is 10.8 Å². The molecule has 2 aromatic rings. The van der Waals surface area contributed by atoms with Gasteiger partial charge in [0, 0.05) is 16.8 Å². The number of benzene rings is 2. The number of hydrogen-bond acceptors (Lipinski definition) is 3. The number of hydrogen-bond donors (Lipinski definition) is 1. The highest BCUT2D eigenvalue weighted by Crippen LogP contribution is 2.33. The third-order valence-corrected chi connectivity index (χ3v) is 2.49. The second-order valence-corrected chi connectivity index (χ2v) is 3.76. The Morgan fingerprint density at radius 3 is 2.76 bits per heavy atom. The van der Waals surface area contributed by atoms with Crippen LogP contribution in [-0.2, 0) is 4.79 Å². The first-order valence-electron chi connectivity index (χ1n) is 5.18. The summed E-state index contributed by atoms with van der Waals surface area (Å²) in [4.78, 5) is 11.2. The highest BCUT2D eigenvalue weighted by molar-refractivity contribution is 5.96. The van der Waals surface area contributed by atoms with Crippen molar-refractivity contribution in [3.63, 3.8) is 0 Å². The lowest BCUT2D eigenvalue weighted by Crippen LogP contribution is -2.03. The standard InChI is InChI=1S/C14H12O3/c1-3-14(16)17-13-7-6-12(15)11-8-9(2)4-5-10(11)13/h3-8,15H,1H2,2H3. The van der Waals surface area contributed by atoms with Crippen LogP contribution in [0.3, 0.4) is 0 Å². The SMILES string of the molecule is C=CC(=O)Oc1ccc(O)c2cc(C)ccc12. The Morgan fingerprint density at radius 1 is 1.29 bits per heavy atom. The number of carbonyl (C=O) groups excluding carboxylic acids is 1. The fourth-order valence-electron chi connectivity index (χ4n) is 1.66. The lowest BCUT2D eigenvalue weighted by atomic mass is 10.1. The molecule has 0 saturated carbocycles. The quantitative estimate of drug-likeness (QED) is 0.488. The van der Waals surface area contributed by atoms with E-state index in [1.807, 2.05) is 25.1 Å². The molecule has 2 rings (SSSR count). The molecule has 2 aromatic carbocycles. The number of fused-ring (bicyclic) bond motifs is 1. The molecular weight excluding hydrogens is 216 g/mol. The number of ether oxygens (including phenoxy) is 1. The molecule has 0 bridgehead atoms. The second-order valence-electron chi connectivity index (χ2n) is 3.76. The summed E-state index contributed by atoms with van der Waals surface area (Å²) in [6.07, 6.45) is 1.10. The van der Waals surface area contributed by atoms with Gasteiger partial charge in [0.15, 0.2) is 0 Å². The van der Waals surface area contributed by atoms with Crippen LogP contribution in [0.1, 0.15) is 5.56 Å². The van der Waals surface area contributed by atoms with E-state index in [4.69, 9.17) is 4.74 Å². The minimum absolute atomic E-state index is 0.169. The summed E-state index contributed by atoms with van der Waals surface area (Å²) in [5.74, 6) is 0.0716. The second kappa shape index (κ2) is 4.29. The molecule has 0 fully saturated rings. The first-order chi connectivity index (χ1) is 8.11. The van der Waals surface area contributed by atoms with E-state index < -0.39 is 5.97 Å². The smallest absolute Gasteiger partial charge is 0.335 e. The number of aryl methyl sites for hydroxylation is 1. The number of carbonyl (C=O) groups is 1. The average molecular weight is 228 g/mol. The van der Waals surface area contributed by atoms with Crippen LogP contribution in [0, 0.1) is 6.92 Å². The number of phenolic OH excluding ortho intramolecular Hbond substituents is 1. The zero-order valence-corrected chi connectivity index (χ0v) is 9.43. The van der Waals surface area contributed by atoms with E-state index in [0.29, 0.717) is 16.5 Å². The molecule has 1 N–H and O–H groups in total. The Morgan fingerprint density at radius 2 is 2.06 bits per heavy atom. The number of rotatable bonds is 2. The molecule has 86 valence electrons. The summed E-state index contributed by atoms with van der Waals surface area (Å²) in [7, 11) is 0. The summed E-state index contributed by atoms with van der Waals surface area (Å²) in [6.45, 7) is 5.28.